The third-order valence-corrected chi connectivity index (χ3v) is 4.90. The van der Waals surface area contributed by atoms with Crippen molar-refractivity contribution in [3.63, 3.8) is 0 Å². The maximum absolute atomic E-state index is 13.0. The summed E-state index contributed by atoms with van der Waals surface area (Å²) in [6.07, 6.45) is 2.41. The number of methoxy groups -OCH3 is 1. The van der Waals surface area contributed by atoms with Crippen molar-refractivity contribution in [2.24, 2.45) is 5.92 Å². The van der Waals surface area contributed by atoms with Crippen molar-refractivity contribution in [1.29, 1.82) is 0 Å². The van der Waals surface area contributed by atoms with Gasteiger partial charge in [-0.25, -0.2) is 9.69 Å². The Morgan fingerprint density at radius 3 is 2.75 bits per heavy atom. The molecule has 4 amide bonds. The summed E-state index contributed by atoms with van der Waals surface area (Å²) in [5, 5.41) is 2.87. The summed E-state index contributed by atoms with van der Waals surface area (Å²) < 4.78 is 5.17. The van der Waals surface area contributed by atoms with Gasteiger partial charge in [-0.3, -0.25) is 9.59 Å². The van der Waals surface area contributed by atoms with E-state index < -0.39 is 12.1 Å². The number of hydrogen-bond donors (Lipinski definition) is 1. The molecule has 24 heavy (non-hydrogen) atoms. The maximum Gasteiger partial charge on any atom is 0.329 e. The summed E-state index contributed by atoms with van der Waals surface area (Å²) in [5.41, 5.74) is 0.445. The van der Waals surface area contributed by atoms with Gasteiger partial charge in [0.1, 0.15) is 11.8 Å². The van der Waals surface area contributed by atoms with E-state index in [0.29, 0.717) is 24.4 Å². The van der Waals surface area contributed by atoms with Crippen molar-refractivity contribution in [2.45, 2.75) is 31.3 Å². The van der Waals surface area contributed by atoms with Crippen molar-refractivity contribution in [3.05, 3.63) is 24.3 Å². The number of likely N-dealkylation sites (tertiary alicyclic amines) is 1. The molecule has 2 unspecified atom stereocenters. The SMILES string of the molecule is COc1cccc(N2C(=O)NC3CCN(C(=O)C4CC4)C3C2=O)c1. The number of amides is 4. The summed E-state index contributed by atoms with van der Waals surface area (Å²) in [6.45, 7) is 0.517. The van der Waals surface area contributed by atoms with Gasteiger partial charge in [0.2, 0.25) is 5.91 Å². The fraction of sp³-hybridized carbons (Fsp3) is 0.471. The average molecular weight is 329 g/mol. The smallest absolute Gasteiger partial charge is 0.329 e. The molecule has 2 saturated heterocycles. The van der Waals surface area contributed by atoms with Gasteiger partial charge in [0.25, 0.3) is 5.91 Å². The molecule has 1 aromatic rings. The molecule has 7 heteroatoms. The molecule has 1 aliphatic carbocycles. The number of anilines is 1. The molecular formula is C17H19N3O4. The number of nitrogens with one attached hydrogen (secondary N) is 1. The van der Waals surface area contributed by atoms with Crippen LogP contribution in [0.4, 0.5) is 10.5 Å². The van der Waals surface area contributed by atoms with E-state index in [9.17, 15) is 14.4 Å². The standard InChI is InChI=1S/C17H19N3O4/c1-24-12-4-2-3-11(9-12)20-16(22)14-13(18-17(20)23)7-8-19(14)15(21)10-5-6-10/h2-4,9-10,13-14H,5-8H2,1H3,(H,18,23). The summed E-state index contributed by atoms with van der Waals surface area (Å²) in [7, 11) is 1.53. The number of carbonyl (C=O) groups is 3. The molecule has 3 aliphatic rings. The van der Waals surface area contributed by atoms with Crippen LogP contribution in [0.25, 0.3) is 0 Å². The summed E-state index contributed by atoms with van der Waals surface area (Å²) in [5.74, 6) is 0.313. The van der Waals surface area contributed by atoms with Crippen molar-refractivity contribution in [2.75, 3.05) is 18.6 Å². The number of nitrogens with zero attached hydrogens (tertiary/aromatic N) is 2. The average Bonchev–Trinajstić information content (AvgIpc) is 3.34. The molecule has 3 fully saturated rings. The number of ether oxygens (including phenoxy) is 1. The molecule has 2 aliphatic heterocycles. The van der Waals surface area contributed by atoms with E-state index in [1.54, 1.807) is 29.2 Å². The highest BCUT2D eigenvalue weighted by atomic mass is 16.5. The number of urea groups is 1. The molecule has 2 heterocycles. The first-order chi connectivity index (χ1) is 11.6. The van der Waals surface area contributed by atoms with E-state index in [1.165, 1.54) is 7.11 Å². The van der Waals surface area contributed by atoms with Crippen LogP contribution in [0.15, 0.2) is 24.3 Å². The fourth-order valence-electron chi connectivity index (χ4n) is 3.51. The second kappa shape index (κ2) is 5.51. The molecule has 1 aromatic carbocycles. The van der Waals surface area contributed by atoms with Crippen molar-refractivity contribution >= 4 is 23.5 Å². The Morgan fingerprint density at radius 2 is 2.04 bits per heavy atom. The zero-order chi connectivity index (χ0) is 16.8. The molecular weight excluding hydrogens is 310 g/mol. The van der Waals surface area contributed by atoms with Crippen LogP contribution in [0.5, 0.6) is 5.75 Å². The fourth-order valence-corrected chi connectivity index (χ4v) is 3.51. The van der Waals surface area contributed by atoms with Gasteiger partial charge < -0.3 is 15.0 Å². The Balaban J connectivity index is 1.65. The van der Waals surface area contributed by atoms with Crippen LogP contribution in [-0.2, 0) is 9.59 Å². The minimum absolute atomic E-state index is 0.0394. The molecule has 1 saturated carbocycles. The predicted molar refractivity (Wildman–Crippen MR) is 85.6 cm³/mol. The lowest BCUT2D eigenvalue weighted by atomic mass is 10.0. The number of carbonyl (C=O) groups excluding carboxylic acids is 3. The second-order valence-electron chi connectivity index (χ2n) is 6.47. The normalized spacial score (nSPS) is 26.2. The number of fused-ring (bicyclic) bond motifs is 1. The molecule has 4 rings (SSSR count). The Kier molecular flexibility index (Phi) is 3.44. The highest BCUT2D eigenvalue weighted by Crippen LogP contribution is 2.36. The first-order valence-electron chi connectivity index (χ1n) is 8.19. The zero-order valence-electron chi connectivity index (χ0n) is 13.4. The Hall–Kier alpha value is -2.57. The Bertz CT molecular complexity index is 716. The molecule has 0 spiro atoms. The van der Waals surface area contributed by atoms with Gasteiger partial charge in [0, 0.05) is 18.5 Å². The lowest BCUT2D eigenvalue weighted by Gasteiger charge is -2.37. The third-order valence-electron chi connectivity index (χ3n) is 4.90. The number of rotatable bonds is 3. The molecule has 0 bridgehead atoms. The van der Waals surface area contributed by atoms with E-state index in [0.717, 1.165) is 17.7 Å². The van der Waals surface area contributed by atoms with Crippen molar-refractivity contribution in [3.8, 4) is 5.75 Å². The van der Waals surface area contributed by atoms with E-state index >= 15 is 0 Å². The molecule has 1 N–H and O–H groups in total. The number of benzene rings is 1. The first-order valence-corrected chi connectivity index (χ1v) is 8.19. The third kappa shape index (κ3) is 2.31. The molecule has 126 valence electrons. The largest absolute Gasteiger partial charge is 0.497 e. The van der Waals surface area contributed by atoms with Crippen LogP contribution in [0.2, 0.25) is 0 Å². The van der Waals surface area contributed by atoms with Gasteiger partial charge >= 0.3 is 6.03 Å². The molecule has 2 atom stereocenters. The van der Waals surface area contributed by atoms with Crippen LogP contribution < -0.4 is 15.0 Å². The van der Waals surface area contributed by atoms with Crippen LogP contribution in [0.1, 0.15) is 19.3 Å². The van der Waals surface area contributed by atoms with E-state index in [4.69, 9.17) is 4.74 Å². The van der Waals surface area contributed by atoms with E-state index in [2.05, 4.69) is 5.32 Å². The highest BCUT2D eigenvalue weighted by Gasteiger charge is 2.51. The van der Waals surface area contributed by atoms with Crippen molar-refractivity contribution in [1.82, 2.24) is 10.2 Å². The maximum atomic E-state index is 13.0. The second-order valence-corrected chi connectivity index (χ2v) is 6.47. The van der Waals surface area contributed by atoms with Crippen LogP contribution in [0, 0.1) is 5.92 Å². The summed E-state index contributed by atoms with van der Waals surface area (Å²) in [6, 6.07) is 5.44. The quantitative estimate of drug-likeness (QED) is 0.902. The van der Waals surface area contributed by atoms with Gasteiger partial charge in [0.15, 0.2) is 0 Å². The van der Waals surface area contributed by atoms with Crippen LogP contribution in [-0.4, -0.2) is 48.5 Å². The minimum atomic E-state index is -0.609. The molecule has 0 radical (unpaired) electrons. The van der Waals surface area contributed by atoms with Crippen LogP contribution in [0.3, 0.4) is 0 Å². The minimum Gasteiger partial charge on any atom is -0.497 e. The topological polar surface area (TPSA) is 79.0 Å². The lowest BCUT2D eigenvalue weighted by molar-refractivity contribution is -0.139. The zero-order valence-corrected chi connectivity index (χ0v) is 13.4. The monoisotopic (exact) mass is 329 g/mol. The lowest BCUT2D eigenvalue weighted by Crippen LogP contribution is -2.65. The van der Waals surface area contributed by atoms with Gasteiger partial charge in [-0.2, -0.15) is 0 Å². The summed E-state index contributed by atoms with van der Waals surface area (Å²) >= 11 is 0. The van der Waals surface area contributed by atoms with E-state index in [-0.39, 0.29) is 23.8 Å². The van der Waals surface area contributed by atoms with E-state index in [1.807, 2.05) is 0 Å². The Morgan fingerprint density at radius 1 is 1.25 bits per heavy atom. The number of hydrogen-bond acceptors (Lipinski definition) is 4. The molecule has 7 nitrogen and oxygen atoms in total. The highest BCUT2D eigenvalue weighted by molar-refractivity contribution is 6.19. The first kappa shape index (κ1) is 15.0. The summed E-state index contributed by atoms with van der Waals surface area (Å²) in [4.78, 5) is 40.6. The van der Waals surface area contributed by atoms with Gasteiger partial charge in [-0.05, 0) is 31.4 Å². The number of imide groups is 1. The Labute approximate surface area is 139 Å². The van der Waals surface area contributed by atoms with Crippen molar-refractivity contribution < 1.29 is 19.1 Å². The molecule has 0 aromatic heterocycles. The van der Waals surface area contributed by atoms with Gasteiger partial charge in [0.05, 0.1) is 18.8 Å². The van der Waals surface area contributed by atoms with Gasteiger partial charge in [-0.15, -0.1) is 0 Å². The predicted octanol–water partition coefficient (Wildman–Crippen LogP) is 1.13. The van der Waals surface area contributed by atoms with Crippen LogP contribution >= 0.6 is 0 Å². The van der Waals surface area contributed by atoms with Gasteiger partial charge in [-0.1, -0.05) is 6.07 Å².